The zero-order chi connectivity index (χ0) is 14.4. The number of nitrogen functional groups attached to an aromatic ring is 1. The van der Waals surface area contributed by atoms with Crippen LogP contribution in [0.1, 0.15) is 6.23 Å². The van der Waals surface area contributed by atoms with E-state index in [1.807, 2.05) is 0 Å². The van der Waals surface area contributed by atoms with Gasteiger partial charge in [-0.2, -0.15) is 4.98 Å². The molecule has 3 heterocycles. The third-order valence-corrected chi connectivity index (χ3v) is 3.20. The number of anilines is 1. The number of aliphatic hydroxyl groups is 2. The number of hydrogen-bond donors (Lipinski definition) is 4. The quantitative estimate of drug-likeness (QED) is 0.515. The molecule has 4 atom stereocenters. The fourth-order valence-corrected chi connectivity index (χ4v) is 2.21. The molecule has 1 aliphatic rings. The van der Waals surface area contributed by atoms with Crippen LogP contribution < -0.4 is 11.3 Å². The highest BCUT2D eigenvalue weighted by atomic mass is 19.1. The summed E-state index contributed by atoms with van der Waals surface area (Å²) in [4.78, 5) is 21.6. The predicted octanol–water partition coefficient (Wildman–Crippen LogP) is -1.71. The number of ether oxygens (including phenoxy) is 1. The number of hydrogen-bond acceptors (Lipinski definition) is 7. The van der Waals surface area contributed by atoms with Crippen molar-refractivity contribution in [2.24, 2.45) is 0 Å². The topological polar surface area (TPSA) is 139 Å². The van der Waals surface area contributed by atoms with Crippen LogP contribution in [0.3, 0.4) is 0 Å². The lowest BCUT2D eigenvalue weighted by Gasteiger charge is -2.14. The average molecular weight is 285 g/mol. The highest BCUT2D eigenvalue weighted by molar-refractivity contribution is 5.70. The van der Waals surface area contributed by atoms with E-state index in [1.54, 1.807) is 0 Å². The molecule has 5 N–H and O–H groups in total. The second kappa shape index (κ2) is 4.51. The SMILES string of the molecule is Nc1nc2c(ncn2[C@@H]2O[C@H](CO)C(O)[C@H]2F)c(=O)[nH]1. The van der Waals surface area contributed by atoms with Crippen molar-refractivity contribution in [3.63, 3.8) is 0 Å². The number of nitrogens with one attached hydrogen (secondary N) is 1. The summed E-state index contributed by atoms with van der Waals surface area (Å²) in [5, 5.41) is 18.6. The Morgan fingerprint density at radius 3 is 3.00 bits per heavy atom. The maximum absolute atomic E-state index is 14.0. The molecule has 1 fully saturated rings. The van der Waals surface area contributed by atoms with E-state index in [1.165, 1.54) is 10.9 Å². The van der Waals surface area contributed by atoms with Crippen LogP contribution in [0, 0.1) is 0 Å². The van der Waals surface area contributed by atoms with Gasteiger partial charge in [-0.25, -0.2) is 9.37 Å². The molecule has 1 aliphatic heterocycles. The number of halogens is 1. The van der Waals surface area contributed by atoms with Gasteiger partial charge in [0, 0.05) is 0 Å². The minimum Gasteiger partial charge on any atom is -0.394 e. The fraction of sp³-hybridized carbons (Fsp3) is 0.500. The highest BCUT2D eigenvalue weighted by Crippen LogP contribution is 2.32. The highest BCUT2D eigenvalue weighted by Gasteiger charge is 2.45. The summed E-state index contributed by atoms with van der Waals surface area (Å²) in [6, 6.07) is 0. The first-order valence-corrected chi connectivity index (χ1v) is 5.83. The number of imidazole rings is 1. The summed E-state index contributed by atoms with van der Waals surface area (Å²) in [7, 11) is 0. The van der Waals surface area contributed by atoms with Crippen LogP contribution >= 0.6 is 0 Å². The third kappa shape index (κ3) is 1.77. The first kappa shape index (κ1) is 13.0. The zero-order valence-corrected chi connectivity index (χ0v) is 10.1. The molecule has 1 saturated heterocycles. The average Bonchev–Trinajstić information content (AvgIpc) is 2.93. The molecule has 0 spiro atoms. The Morgan fingerprint density at radius 2 is 2.35 bits per heavy atom. The summed E-state index contributed by atoms with van der Waals surface area (Å²) >= 11 is 0. The van der Waals surface area contributed by atoms with Gasteiger partial charge in [0.1, 0.15) is 12.2 Å². The summed E-state index contributed by atoms with van der Waals surface area (Å²) in [5.41, 5.74) is 4.91. The molecule has 2 aromatic heterocycles. The Labute approximate surface area is 110 Å². The lowest BCUT2D eigenvalue weighted by molar-refractivity contribution is -0.0459. The molecule has 20 heavy (non-hydrogen) atoms. The van der Waals surface area contributed by atoms with Crippen LogP contribution in [0.4, 0.5) is 10.3 Å². The lowest BCUT2D eigenvalue weighted by Crippen LogP contribution is -2.30. The monoisotopic (exact) mass is 285 g/mol. The number of alkyl halides is 1. The second-order valence-electron chi connectivity index (χ2n) is 4.46. The standard InChI is InChI=1S/C10H12FN5O4/c11-4-6(18)3(1-17)20-9(4)16-2-13-5-7(16)14-10(12)15-8(5)19/h2-4,6,9,17-18H,1H2,(H3,12,14,15,19)/t3-,4-,6?,9-/m1/s1. The molecule has 3 rings (SSSR count). The van der Waals surface area contributed by atoms with Crippen molar-refractivity contribution in [3.8, 4) is 0 Å². The van der Waals surface area contributed by atoms with E-state index in [-0.39, 0.29) is 17.1 Å². The van der Waals surface area contributed by atoms with E-state index in [4.69, 9.17) is 15.6 Å². The Balaban J connectivity index is 2.09. The van der Waals surface area contributed by atoms with Gasteiger partial charge in [0.2, 0.25) is 5.95 Å². The van der Waals surface area contributed by atoms with Crippen molar-refractivity contribution in [1.82, 2.24) is 19.5 Å². The maximum atomic E-state index is 14.0. The van der Waals surface area contributed by atoms with Gasteiger partial charge in [-0.15, -0.1) is 0 Å². The van der Waals surface area contributed by atoms with Crippen molar-refractivity contribution in [2.75, 3.05) is 12.3 Å². The summed E-state index contributed by atoms with van der Waals surface area (Å²) in [5.74, 6) is -0.142. The molecule has 0 radical (unpaired) electrons. The van der Waals surface area contributed by atoms with Gasteiger partial charge in [0.05, 0.1) is 12.9 Å². The second-order valence-corrected chi connectivity index (χ2v) is 4.46. The van der Waals surface area contributed by atoms with Gasteiger partial charge < -0.3 is 20.7 Å². The molecule has 0 amide bonds. The summed E-state index contributed by atoms with van der Waals surface area (Å²) in [6.07, 6.45) is -4.36. The van der Waals surface area contributed by atoms with Gasteiger partial charge in [-0.3, -0.25) is 14.3 Å². The molecular weight excluding hydrogens is 273 g/mol. The molecule has 0 saturated carbocycles. The molecule has 2 aromatic rings. The maximum Gasteiger partial charge on any atom is 0.280 e. The molecule has 9 nitrogen and oxygen atoms in total. The fourth-order valence-electron chi connectivity index (χ4n) is 2.21. The Morgan fingerprint density at radius 1 is 1.60 bits per heavy atom. The van der Waals surface area contributed by atoms with E-state index in [0.717, 1.165) is 0 Å². The van der Waals surface area contributed by atoms with Crippen molar-refractivity contribution in [1.29, 1.82) is 0 Å². The van der Waals surface area contributed by atoms with Gasteiger partial charge in [0.25, 0.3) is 5.56 Å². The Hall–Kier alpha value is -2.04. The van der Waals surface area contributed by atoms with Crippen LogP contribution in [-0.4, -0.2) is 54.7 Å². The first-order valence-electron chi connectivity index (χ1n) is 5.83. The number of H-pyrrole nitrogens is 1. The van der Waals surface area contributed by atoms with Crippen LogP contribution in [-0.2, 0) is 4.74 Å². The van der Waals surface area contributed by atoms with E-state index in [9.17, 15) is 14.3 Å². The molecular formula is C10H12FN5O4. The summed E-state index contributed by atoms with van der Waals surface area (Å²) < 4.78 is 20.4. The van der Waals surface area contributed by atoms with Crippen molar-refractivity contribution in [3.05, 3.63) is 16.7 Å². The number of aliphatic hydroxyl groups excluding tert-OH is 2. The van der Waals surface area contributed by atoms with Gasteiger partial charge in [0.15, 0.2) is 23.6 Å². The molecule has 0 aromatic carbocycles. The van der Waals surface area contributed by atoms with E-state index in [2.05, 4.69) is 15.0 Å². The predicted molar refractivity (Wildman–Crippen MR) is 64.5 cm³/mol. The number of nitrogens with two attached hydrogens (primary N) is 1. The number of aromatic amines is 1. The van der Waals surface area contributed by atoms with Gasteiger partial charge in [-0.1, -0.05) is 0 Å². The Bertz CT molecular complexity index is 701. The smallest absolute Gasteiger partial charge is 0.280 e. The van der Waals surface area contributed by atoms with E-state index < -0.39 is 36.8 Å². The molecule has 108 valence electrons. The number of rotatable bonds is 2. The van der Waals surface area contributed by atoms with Crippen LogP contribution in [0.15, 0.2) is 11.1 Å². The zero-order valence-electron chi connectivity index (χ0n) is 10.1. The minimum atomic E-state index is -1.79. The summed E-state index contributed by atoms with van der Waals surface area (Å²) in [6.45, 7) is -0.527. The molecule has 10 heteroatoms. The van der Waals surface area contributed by atoms with Crippen molar-refractivity contribution in [2.45, 2.75) is 24.6 Å². The van der Waals surface area contributed by atoms with Crippen LogP contribution in [0.2, 0.25) is 0 Å². The molecule has 1 unspecified atom stereocenters. The van der Waals surface area contributed by atoms with E-state index >= 15 is 0 Å². The lowest BCUT2D eigenvalue weighted by atomic mass is 10.1. The van der Waals surface area contributed by atoms with Gasteiger partial charge >= 0.3 is 0 Å². The normalized spacial score (nSPS) is 30.1. The minimum absolute atomic E-state index is 0.0167. The first-order chi connectivity index (χ1) is 9.52. The number of nitrogens with zero attached hydrogens (tertiary/aromatic N) is 3. The van der Waals surface area contributed by atoms with Crippen LogP contribution in [0.25, 0.3) is 11.2 Å². The van der Waals surface area contributed by atoms with Crippen molar-refractivity contribution < 1.29 is 19.3 Å². The third-order valence-electron chi connectivity index (χ3n) is 3.20. The van der Waals surface area contributed by atoms with Gasteiger partial charge in [-0.05, 0) is 0 Å². The van der Waals surface area contributed by atoms with Crippen LogP contribution in [0.5, 0.6) is 0 Å². The number of fused-ring (bicyclic) bond motifs is 1. The Kier molecular flexibility index (Phi) is 2.92. The van der Waals surface area contributed by atoms with E-state index in [0.29, 0.717) is 0 Å². The molecule has 0 aliphatic carbocycles. The largest absolute Gasteiger partial charge is 0.394 e. The molecule has 0 bridgehead atoms. The number of aromatic nitrogens is 4. The van der Waals surface area contributed by atoms with Crippen molar-refractivity contribution >= 4 is 17.1 Å².